The van der Waals surface area contributed by atoms with Gasteiger partial charge in [0.15, 0.2) is 0 Å². The van der Waals surface area contributed by atoms with Crippen molar-refractivity contribution >= 4 is 39.5 Å². The second-order valence-electron chi connectivity index (χ2n) is 2.98. The van der Waals surface area contributed by atoms with Crippen LogP contribution < -0.4 is 15.8 Å². The van der Waals surface area contributed by atoms with Crippen LogP contribution in [0, 0.1) is 0 Å². The van der Waals surface area contributed by atoms with E-state index in [1.807, 2.05) is 6.92 Å². The van der Waals surface area contributed by atoms with E-state index in [2.05, 4.69) is 31.8 Å². The van der Waals surface area contributed by atoms with Gasteiger partial charge in [-0.3, -0.25) is 0 Å². The van der Waals surface area contributed by atoms with Gasteiger partial charge in [0.1, 0.15) is 5.75 Å². The molecular weight excluding hydrogens is 290 g/mol. The Balaban J connectivity index is 2.62. The molecule has 1 aromatic rings. The molecule has 4 nitrogen and oxygen atoms in total. The van der Waals surface area contributed by atoms with Gasteiger partial charge in [-0.1, -0.05) is 15.9 Å². The Morgan fingerprint density at radius 1 is 1.62 bits per heavy atom. The Morgan fingerprint density at radius 3 is 3.06 bits per heavy atom. The molecule has 0 saturated carbocycles. The van der Waals surface area contributed by atoms with Gasteiger partial charge in [0.25, 0.3) is 0 Å². The van der Waals surface area contributed by atoms with Gasteiger partial charge in [0.2, 0.25) is 11.3 Å². The molecule has 16 heavy (non-hydrogen) atoms. The van der Waals surface area contributed by atoms with E-state index in [9.17, 15) is 5.11 Å². The Bertz CT molecular complexity index is 409. The maximum atomic E-state index is 9.54. The van der Waals surface area contributed by atoms with Crippen molar-refractivity contribution in [3.8, 4) is 5.75 Å². The number of rotatable bonds is 3. The summed E-state index contributed by atoms with van der Waals surface area (Å²) >= 11 is 8.28. The van der Waals surface area contributed by atoms with Crippen molar-refractivity contribution in [2.75, 3.05) is 6.54 Å². The molecule has 0 aliphatic carbocycles. The molecule has 4 N–H and O–H groups in total. The molecule has 0 spiro atoms. The van der Waals surface area contributed by atoms with Crippen LogP contribution in [-0.4, -0.2) is 23.0 Å². The normalized spacial score (nSPS) is 10.4. The lowest BCUT2D eigenvalue weighted by Gasteiger charge is -1.99. The topological polar surface area (TPSA) is 58.3 Å². The number of hydrazone groups is 1. The molecule has 0 saturated heterocycles. The fourth-order valence-corrected chi connectivity index (χ4v) is 1.61. The maximum absolute atomic E-state index is 9.54. The zero-order valence-corrected chi connectivity index (χ0v) is 11.2. The molecule has 0 amide bonds. The van der Waals surface area contributed by atoms with Crippen LogP contribution >= 0.6 is 28.1 Å². The zero-order chi connectivity index (χ0) is 12.0. The third-order valence-electron chi connectivity index (χ3n) is 1.74. The Morgan fingerprint density at radius 2 is 2.38 bits per heavy atom. The third kappa shape index (κ3) is 4.16. The van der Waals surface area contributed by atoms with Crippen molar-refractivity contribution in [2.45, 2.75) is 6.92 Å². The minimum atomic E-state index is 0.201. The first-order valence-electron chi connectivity index (χ1n) is 4.74. The average molecular weight is 303 g/mol. The molecule has 6 heteroatoms. The molecule has 0 bridgehead atoms. The van der Waals surface area contributed by atoms with Gasteiger partial charge in [0, 0.05) is 11.0 Å². The number of hydrogen-bond acceptors (Lipinski definition) is 2. The van der Waals surface area contributed by atoms with Gasteiger partial charge >= 0.3 is 0 Å². The molecule has 1 rings (SSSR count). The second kappa shape index (κ2) is 6.44. The van der Waals surface area contributed by atoms with Crippen molar-refractivity contribution in [2.24, 2.45) is 0 Å². The number of benzene rings is 1. The van der Waals surface area contributed by atoms with Crippen LogP contribution in [-0.2, 0) is 0 Å². The van der Waals surface area contributed by atoms with Gasteiger partial charge in [-0.25, -0.2) is 0 Å². The minimum absolute atomic E-state index is 0.201. The minimum Gasteiger partial charge on any atom is -0.507 e. The molecule has 0 aliphatic rings. The van der Waals surface area contributed by atoms with E-state index in [1.54, 1.807) is 24.4 Å². The number of hydrazine groups is 1. The van der Waals surface area contributed by atoms with Crippen LogP contribution in [0.1, 0.15) is 12.5 Å². The Hall–Kier alpha value is -1.14. The van der Waals surface area contributed by atoms with Gasteiger partial charge in [-0.15, -0.1) is 10.5 Å². The van der Waals surface area contributed by atoms with Crippen LogP contribution in [0.15, 0.2) is 22.7 Å². The number of hydrogen-bond donors (Lipinski definition) is 4. The van der Waals surface area contributed by atoms with Gasteiger partial charge in [-0.2, -0.15) is 0 Å². The molecule has 0 radical (unpaired) electrons. The number of phenols is 1. The van der Waals surface area contributed by atoms with Crippen molar-refractivity contribution in [1.82, 2.24) is 10.7 Å². The SMILES string of the molecule is CCNC(=S)N/[NH+]=C/c1cc(Br)ccc1O. The monoisotopic (exact) mass is 302 g/mol. The number of aromatic hydroxyl groups is 1. The summed E-state index contributed by atoms with van der Waals surface area (Å²) in [4.78, 5) is 0. The van der Waals surface area contributed by atoms with E-state index in [4.69, 9.17) is 12.2 Å². The number of halogens is 1. The summed E-state index contributed by atoms with van der Waals surface area (Å²) in [6.07, 6.45) is 1.63. The molecule has 1 aromatic carbocycles. The van der Waals surface area contributed by atoms with E-state index in [0.29, 0.717) is 10.7 Å². The van der Waals surface area contributed by atoms with Crippen LogP contribution in [0.2, 0.25) is 0 Å². The summed E-state index contributed by atoms with van der Waals surface area (Å²) < 4.78 is 0.896. The summed E-state index contributed by atoms with van der Waals surface area (Å²) in [5, 5.41) is 15.8. The molecular formula is C10H13BrN3OS+. The van der Waals surface area contributed by atoms with E-state index in [0.717, 1.165) is 11.0 Å². The van der Waals surface area contributed by atoms with Crippen molar-refractivity contribution in [3.63, 3.8) is 0 Å². The molecule has 0 atom stereocenters. The van der Waals surface area contributed by atoms with Crippen molar-refractivity contribution in [3.05, 3.63) is 28.2 Å². The highest BCUT2D eigenvalue weighted by molar-refractivity contribution is 9.10. The number of nitrogens with one attached hydrogen (secondary N) is 3. The highest BCUT2D eigenvalue weighted by Crippen LogP contribution is 2.19. The summed E-state index contributed by atoms with van der Waals surface area (Å²) in [5.74, 6) is 0.201. The second-order valence-corrected chi connectivity index (χ2v) is 4.30. The first-order valence-corrected chi connectivity index (χ1v) is 5.94. The Kier molecular flexibility index (Phi) is 5.21. The lowest BCUT2D eigenvalue weighted by molar-refractivity contribution is -0.500. The summed E-state index contributed by atoms with van der Waals surface area (Å²) in [6, 6.07) is 5.17. The largest absolute Gasteiger partial charge is 0.507 e. The van der Waals surface area contributed by atoms with E-state index >= 15 is 0 Å². The van der Waals surface area contributed by atoms with Crippen molar-refractivity contribution in [1.29, 1.82) is 0 Å². The predicted molar refractivity (Wildman–Crippen MR) is 71.3 cm³/mol. The van der Waals surface area contributed by atoms with Gasteiger partial charge in [0.05, 0.1) is 5.56 Å². The molecule has 0 heterocycles. The van der Waals surface area contributed by atoms with Crippen LogP contribution in [0.3, 0.4) is 0 Å². The quantitative estimate of drug-likeness (QED) is 0.362. The van der Waals surface area contributed by atoms with E-state index in [1.165, 1.54) is 0 Å². The highest BCUT2D eigenvalue weighted by Gasteiger charge is 2.01. The van der Waals surface area contributed by atoms with Gasteiger partial charge in [-0.05, 0) is 37.3 Å². The standard InChI is InChI=1S/C10H12BrN3OS/c1-2-12-10(16)14-13-6-7-5-8(11)3-4-9(7)15/h3-6,15H,2H2,1H3,(H2,12,14,16)/p+1/b13-6+. The van der Waals surface area contributed by atoms with Crippen LogP contribution in [0.4, 0.5) is 0 Å². The Labute approximate surface area is 108 Å². The zero-order valence-electron chi connectivity index (χ0n) is 8.75. The smallest absolute Gasteiger partial charge is 0.223 e. The van der Waals surface area contributed by atoms with Crippen LogP contribution in [0.5, 0.6) is 5.75 Å². The summed E-state index contributed by atoms with van der Waals surface area (Å²) in [5.41, 5.74) is 3.43. The lowest BCUT2D eigenvalue weighted by atomic mass is 10.2. The first kappa shape index (κ1) is 12.9. The molecule has 0 unspecified atom stereocenters. The average Bonchev–Trinajstić information content (AvgIpc) is 2.23. The summed E-state index contributed by atoms with van der Waals surface area (Å²) in [6.45, 7) is 2.72. The fourth-order valence-electron chi connectivity index (χ4n) is 1.03. The highest BCUT2D eigenvalue weighted by atomic mass is 79.9. The van der Waals surface area contributed by atoms with Crippen molar-refractivity contribution < 1.29 is 10.2 Å². The number of phenolic OH excluding ortho intramolecular Hbond substituents is 1. The fraction of sp³-hybridized carbons (Fsp3) is 0.200. The predicted octanol–water partition coefficient (Wildman–Crippen LogP) is 0.0532. The number of thiocarbonyl (C=S) groups is 1. The first-order chi connectivity index (χ1) is 7.63. The molecule has 0 fully saturated rings. The van der Waals surface area contributed by atoms with Crippen LogP contribution in [0.25, 0.3) is 0 Å². The van der Waals surface area contributed by atoms with Gasteiger partial charge < -0.3 is 10.4 Å². The lowest BCUT2D eigenvalue weighted by Crippen LogP contribution is -2.82. The maximum Gasteiger partial charge on any atom is 0.223 e. The molecule has 0 aliphatic heterocycles. The summed E-state index contributed by atoms with van der Waals surface area (Å²) in [7, 11) is 0. The molecule has 86 valence electrons. The molecule has 0 aromatic heterocycles. The van der Waals surface area contributed by atoms with E-state index in [-0.39, 0.29) is 5.75 Å². The third-order valence-corrected chi connectivity index (χ3v) is 2.48. The van der Waals surface area contributed by atoms with E-state index < -0.39 is 0 Å².